The highest BCUT2D eigenvalue weighted by Crippen LogP contribution is 2.39. The van der Waals surface area contributed by atoms with Crippen LogP contribution in [0.4, 0.5) is 0 Å². The molecule has 0 unspecified atom stereocenters. The van der Waals surface area contributed by atoms with E-state index in [-0.39, 0.29) is 0 Å². The summed E-state index contributed by atoms with van der Waals surface area (Å²) in [5.74, 6) is 1.38. The largest absolute Gasteiger partial charge is 0.493 e. The van der Waals surface area contributed by atoms with E-state index in [0.717, 1.165) is 15.6 Å². The fourth-order valence-corrected chi connectivity index (χ4v) is 2.10. The third-order valence-electron chi connectivity index (χ3n) is 2.27. The fraction of sp³-hybridized carbons (Fsp3) is 0.182. The number of aromatic amines is 1. The minimum absolute atomic E-state index is 0.688. The average molecular weight is 283 g/mol. The van der Waals surface area contributed by atoms with Gasteiger partial charge in [-0.05, 0) is 33.6 Å². The van der Waals surface area contributed by atoms with Gasteiger partial charge in [0.25, 0.3) is 0 Å². The van der Waals surface area contributed by atoms with Gasteiger partial charge in [-0.1, -0.05) is 0 Å². The first-order valence-corrected chi connectivity index (χ1v) is 5.46. The molecule has 0 saturated carbocycles. The average Bonchev–Trinajstić information content (AvgIpc) is 2.81. The van der Waals surface area contributed by atoms with Crippen molar-refractivity contribution in [1.29, 1.82) is 0 Å². The van der Waals surface area contributed by atoms with Crippen molar-refractivity contribution in [2.24, 2.45) is 0 Å². The van der Waals surface area contributed by atoms with E-state index in [1.54, 1.807) is 20.4 Å². The molecule has 0 fully saturated rings. The molecule has 0 atom stereocenters. The van der Waals surface area contributed by atoms with E-state index >= 15 is 0 Å². The summed E-state index contributed by atoms with van der Waals surface area (Å²) in [5.41, 5.74) is 2.01. The highest BCUT2D eigenvalue weighted by atomic mass is 79.9. The van der Waals surface area contributed by atoms with E-state index in [9.17, 15) is 0 Å². The van der Waals surface area contributed by atoms with Crippen LogP contribution in [0.5, 0.6) is 11.5 Å². The molecule has 0 aliphatic rings. The molecular formula is C11H11BrN2O2. The predicted molar refractivity (Wildman–Crippen MR) is 64.8 cm³/mol. The van der Waals surface area contributed by atoms with Crippen LogP contribution in [0.3, 0.4) is 0 Å². The maximum atomic E-state index is 5.27. The number of benzene rings is 1. The molecule has 1 N–H and O–H groups in total. The van der Waals surface area contributed by atoms with Gasteiger partial charge in [-0.3, -0.25) is 5.10 Å². The monoisotopic (exact) mass is 282 g/mol. The Bertz CT molecular complexity index is 483. The number of nitrogens with zero attached hydrogens (tertiary/aromatic N) is 1. The predicted octanol–water partition coefficient (Wildman–Crippen LogP) is 2.86. The van der Waals surface area contributed by atoms with Crippen LogP contribution in [0.25, 0.3) is 11.1 Å². The SMILES string of the molecule is COc1cc(-c2cn[nH]c2)cc(Br)c1OC. The molecule has 0 aliphatic heterocycles. The lowest BCUT2D eigenvalue weighted by Gasteiger charge is -2.11. The molecule has 1 heterocycles. The molecule has 4 nitrogen and oxygen atoms in total. The van der Waals surface area contributed by atoms with Crippen LogP contribution in [0, 0.1) is 0 Å². The molecule has 0 bridgehead atoms. The second-order valence-electron chi connectivity index (χ2n) is 3.18. The summed E-state index contributed by atoms with van der Waals surface area (Å²) in [7, 11) is 3.23. The summed E-state index contributed by atoms with van der Waals surface area (Å²) in [5, 5.41) is 6.69. The molecule has 0 radical (unpaired) electrons. The van der Waals surface area contributed by atoms with Gasteiger partial charge in [-0.2, -0.15) is 5.10 Å². The summed E-state index contributed by atoms with van der Waals surface area (Å²) in [6, 6.07) is 3.88. The Hall–Kier alpha value is -1.49. The number of rotatable bonds is 3. The van der Waals surface area contributed by atoms with Gasteiger partial charge >= 0.3 is 0 Å². The first kappa shape index (κ1) is 11.0. The lowest BCUT2D eigenvalue weighted by atomic mass is 10.1. The Morgan fingerprint density at radius 3 is 2.56 bits per heavy atom. The minimum atomic E-state index is 0.688. The van der Waals surface area contributed by atoms with Gasteiger partial charge in [0.15, 0.2) is 11.5 Å². The number of hydrogen-bond acceptors (Lipinski definition) is 3. The molecule has 1 aromatic heterocycles. The van der Waals surface area contributed by atoms with Gasteiger partial charge in [0.1, 0.15) is 0 Å². The fourth-order valence-electron chi connectivity index (χ4n) is 1.49. The minimum Gasteiger partial charge on any atom is -0.493 e. The van der Waals surface area contributed by atoms with Crippen molar-refractivity contribution < 1.29 is 9.47 Å². The van der Waals surface area contributed by atoms with Crippen molar-refractivity contribution in [3.63, 3.8) is 0 Å². The molecule has 16 heavy (non-hydrogen) atoms. The maximum absolute atomic E-state index is 5.27. The molecule has 0 aliphatic carbocycles. The van der Waals surface area contributed by atoms with Crippen LogP contribution in [-0.2, 0) is 0 Å². The Morgan fingerprint density at radius 1 is 1.19 bits per heavy atom. The summed E-state index contributed by atoms with van der Waals surface area (Å²) >= 11 is 3.45. The van der Waals surface area contributed by atoms with E-state index in [1.165, 1.54) is 0 Å². The van der Waals surface area contributed by atoms with E-state index in [4.69, 9.17) is 9.47 Å². The normalized spacial score (nSPS) is 10.2. The third-order valence-corrected chi connectivity index (χ3v) is 2.85. The molecule has 0 saturated heterocycles. The summed E-state index contributed by atoms with van der Waals surface area (Å²) < 4.78 is 11.4. The molecule has 0 amide bonds. The molecule has 84 valence electrons. The van der Waals surface area contributed by atoms with Gasteiger partial charge in [-0.25, -0.2) is 0 Å². The zero-order chi connectivity index (χ0) is 11.5. The standard InChI is InChI=1S/C11H11BrN2O2/c1-15-10-4-7(8-5-13-14-6-8)3-9(12)11(10)16-2/h3-6H,1-2H3,(H,13,14). The summed E-state index contributed by atoms with van der Waals surface area (Å²) in [6.07, 6.45) is 3.58. The van der Waals surface area contributed by atoms with Crippen molar-refractivity contribution in [2.45, 2.75) is 0 Å². The number of halogens is 1. The van der Waals surface area contributed by atoms with Crippen molar-refractivity contribution in [2.75, 3.05) is 14.2 Å². The molecule has 5 heteroatoms. The number of methoxy groups -OCH3 is 2. The first-order valence-electron chi connectivity index (χ1n) is 4.67. The van der Waals surface area contributed by atoms with Crippen LogP contribution < -0.4 is 9.47 Å². The second kappa shape index (κ2) is 4.57. The van der Waals surface area contributed by atoms with Gasteiger partial charge in [0.2, 0.25) is 0 Å². The zero-order valence-corrected chi connectivity index (χ0v) is 10.5. The van der Waals surface area contributed by atoms with Crippen molar-refractivity contribution >= 4 is 15.9 Å². The van der Waals surface area contributed by atoms with Gasteiger partial charge < -0.3 is 9.47 Å². The first-order chi connectivity index (χ1) is 7.76. The van der Waals surface area contributed by atoms with Gasteiger partial charge in [0.05, 0.1) is 24.9 Å². The molecule has 2 rings (SSSR count). The van der Waals surface area contributed by atoms with Crippen LogP contribution in [-0.4, -0.2) is 24.4 Å². The zero-order valence-electron chi connectivity index (χ0n) is 8.95. The lowest BCUT2D eigenvalue weighted by Crippen LogP contribution is -1.92. The molecular weight excluding hydrogens is 272 g/mol. The highest BCUT2D eigenvalue weighted by molar-refractivity contribution is 9.10. The topological polar surface area (TPSA) is 47.1 Å². The third kappa shape index (κ3) is 1.90. The number of H-pyrrole nitrogens is 1. The Morgan fingerprint density at radius 2 is 2.00 bits per heavy atom. The van der Waals surface area contributed by atoms with Crippen molar-refractivity contribution in [3.05, 3.63) is 29.0 Å². The molecule has 0 spiro atoms. The molecule has 2 aromatic rings. The highest BCUT2D eigenvalue weighted by Gasteiger charge is 2.11. The van der Waals surface area contributed by atoms with Crippen molar-refractivity contribution in [1.82, 2.24) is 10.2 Å². The van der Waals surface area contributed by atoms with E-state index in [2.05, 4.69) is 26.1 Å². The van der Waals surface area contributed by atoms with Crippen molar-refractivity contribution in [3.8, 4) is 22.6 Å². The Balaban J connectivity index is 2.54. The second-order valence-corrected chi connectivity index (χ2v) is 4.03. The van der Waals surface area contributed by atoms with E-state index in [1.807, 2.05) is 18.3 Å². The summed E-state index contributed by atoms with van der Waals surface area (Å²) in [6.45, 7) is 0. The Labute approximate surface area is 102 Å². The van der Waals surface area contributed by atoms with Crippen LogP contribution in [0.1, 0.15) is 0 Å². The summed E-state index contributed by atoms with van der Waals surface area (Å²) in [4.78, 5) is 0. The van der Waals surface area contributed by atoms with E-state index < -0.39 is 0 Å². The molecule has 1 aromatic carbocycles. The van der Waals surface area contributed by atoms with Crippen LogP contribution in [0.2, 0.25) is 0 Å². The lowest BCUT2D eigenvalue weighted by molar-refractivity contribution is 0.353. The maximum Gasteiger partial charge on any atom is 0.174 e. The van der Waals surface area contributed by atoms with Gasteiger partial charge in [-0.15, -0.1) is 0 Å². The Kier molecular flexibility index (Phi) is 3.14. The van der Waals surface area contributed by atoms with Crippen LogP contribution in [0.15, 0.2) is 29.0 Å². The quantitative estimate of drug-likeness (QED) is 0.942. The number of hydrogen-bond donors (Lipinski definition) is 1. The van der Waals surface area contributed by atoms with E-state index in [0.29, 0.717) is 11.5 Å². The number of ether oxygens (including phenoxy) is 2. The number of nitrogens with one attached hydrogen (secondary N) is 1. The number of aromatic nitrogens is 2. The smallest absolute Gasteiger partial charge is 0.174 e. The van der Waals surface area contributed by atoms with Gasteiger partial charge in [0, 0.05) is 11.8 Å². The van der Waals surface area contributed by atoms with Crippen LogP contribution >= 0.6 is 15.9 Å².